The van der Waals surface area contributed by atoms with Crippen LogP contribution in [-0.4, -0.2) is 15.1 Å². The minimum absolute atomic E-state index is 0.0926. The van der Waals surface area contributed by atoms with Crippen LogP contribution < -0.4 is 5.73 Å². The summed E-state index contributed by atoms with van der Waals surface area (Å²) in [6.07, 6.45) is 0.807. The molecule has 0 spiro atoms. The molecule has 1 atom stereocenters. The summed E-state index contributed by atoms with van der Waals surface area (Å²) >= 11 is 0. The van der Waals surface area contributed by atoms with E-state index >= 15 is 0 Å². The van der Waals surface area contributed by atoms with Crippen LogP contribution in [0.25, 0.3) is 0 Å². The first-order valence-electron chi connectivity index (χ1n) is 1.94. The van der Waals surface area contributed by atoms with E-state index in [4.69, 9.17) is 5.73 Å². The molecule has 2 nitrogen and oxygen atoms in total. The van der Waals surface area contributed by atoms with Gasteiger partial charge in [-0.2, -0.15) is 0 Å². The smallest absolute Gasteiger partial charge is 0.344 e. The Morgan fingerprint density at radius 1 is 2.00 bits per heavy atom. The maximum Gasteiger partial charge on any atom is 0.344 e. The Morgan fingerprint density at radius 2 is 2.50 bits per heavy atom. The van der Waals surface area contributed by atoms with Gasteiger partial charge in [-0.05, 0) is 6.42 Å². The lowest BCUT2D eigenvalue weighted by Crippen LogP contribution is -2.20. The van der Waals surface area contributed by atoms with E-state index in [1.165, 1.54) is 0 Å². The van der Waals surface area contributed by atoms with Crippen molar-refractivity contribution in [3.63, 3.8) is 0 Å². The molecule has 0 fully saturated rings. The zero-order chi connectivity index (χ0) is 4.99. The molecule has 2 N–H and O–H groups in total. The largest absolute Gasteiger partial charge is 0.383 e. The maximum atomic E-state index is 9.76. The Bertz CT molecular complexity index is 48.1. The van der Waals surface area contributed by atoms with E-state index in [9.17, 15) is 4.46 Å². The van der Waals surface area contributed by atoms with Crippen molar-refractivity contribution in [1.82, 2.24) is 0 Å². The summed E-state index contributed by atoms with van der Waals surface area (Å²) in [7, 11) is -0.341. The summed E-state index contributed by atoms with van der Waals surface area (Å²) in [6.45, 7) is 1.91. The van der Waals surface area contributed by atoms with Crippen molar-refractivity contribution in [1.29, 1.82) is 0 Å². The minimum Gasteiger partial charge on any atom is -0.383 e. The standard InChI is InChI=1S/C3H8NOSi/c1-2-3(4)6-5/h3H,2,4H2,1H3. The molecule has 1 unspecified atom stereocenters. The van der Waals surface area contributed by atoms with Crippen LogP contribution in [0.2, 0.25) is 0 Å². The molecule has 0 saturated carbocycles. The van der Waals surface area contributed by atoms with E-state index in [1.54, 1.807) is 0 Å². The van der Waals surface area contributed by atoms with Gasteiger partial charge in [-0.1, -0.05) is 6.92 Å². The lowest BCUT2D eigenvalue weighted by atomic mass is 10.5. The van der Waals surface area contributed by atoms with Crippen molar-refractivity contribution in [3.8, 4) is 0 Å². The van der Waals surface area contributed by atoms with Gasteiger partial charge in [0.25, 0.3) is 0 Å². The predicted molar refractivity (Wildman–Crippen MR) is 24.7 cm³/mol. The second-order valence-corrected chi connectivity index (χ2v) is 2.11. The molecule has 0 aliphatic heterocycles. The van der Waals surface area contributed by atoms with Gasteiger partial charge < -0.3 is 10.2 Å². The van der Waals surface area contributed by atoms with Crippen LogP contribution in [0.15, 0.2) is 0 Å². The van der Waals surface area contributed by atoms with Crippen LogP contribution >= 0.6 is 0 Å². The number of rotatable bonds is 2. The molecule has 3 heteroatoms. The van der Waals surface area contributed by atoms with Crippen LogP contribution in [0.3, 0.4) is 0 Å². The third-order valence-corrected chi connectivity index (χ3v) is 1.30. The molecule has 0 bridgehead atoms. The monoisotopic (exact) mass is 102 g/mol. The Kier molecular flexibility index (Phi) is 3.17. The van der Waals surface area contributed by atoms with Crippen molar-refractivity contribution < 1.29 is 4.46 Å². The highest BCUT2D eigenvalue weighted by Gasteiger charge is 1.92. The van der Waals surface area contributed by atoms with Gasteiger partial charge in [0.2, 0.25) is 0 Å². The minimum atomic E-state index is -0.341. The highest BCUT2D eigenvalue weighted by Crippen LogP contribution is 1.74. The Morgan fingerprint density at radius 3 is 2.50 bits per heavy atom. The maximum absolute atomic E-state index is 9.76. The second-order valence-electron chi connectivity index (χ2n) is 1.13. The van der Waals surface area contributed by atoms with Crippen LogP contribution in [0, 0.1) is 0 Å². The molecule has 0 aromatic rings. The number of hydrogen-bond donors (Lipinski definition) is 1. The van der Waals surface area contributed by atoms with E-state index in [0.29, 0.717) is 0 Å². The van der Waals surface area contributed by atoms with Gasteiger partial charge in [-0.15, -0.1) is 0 Å². The van der Waals surface area contributed by atoms with E-state index in [1.807, 2.05) is 6.92 Å². The fraction of sp³-hybridized carbons (Fsp3) is 1.00. The quantitative estimate of drug-likeness (QED) is 0.488. The third kappa shape index (κ3) is 2.23. The van der Waals surface area contributed by atoms with Gasteiger partial charge in [0.1, 0.15) is 0 Å². The summed E-state index contributed by atoms with van der Waals surface area (Å²) in [5.74, 6) is 0. The third-order valence-electron chi connectivity index (χ3n) is 0.591. The van der Waals surface area contributed by atoms with Crippen molar-refractivity contribution >= 4 is 9.41 Å². The molecule has 0 rings (SSSR count). The molecular weight excluding hydrogens is 94.1 g/mol. The SMILES string of the molecule is CCC(N)[Si]=O. The normalized spacial score (nSPS) is 13.7. The molecule has 0 saturated heterocycles. The van der Waals surface area contributed by atoms with Gasteiger partial charge in [0, 0.05) is 0 Å². The Balaban J connectivity index is 2.96. The molecule has 1 radical (unpaired) electrons. The summed E-state index contributed by atoms with van der Waals surface area (Å²) in [5.41, 5.74) is 5.08. The van der Waals surface area contributed by atoms with Gasteiger partial charge >= 0.3 is 9.41 Å². The molecule has 0 aliphatic rings. The highest BCUT2D eigenvalue weighted by atomic mass is 28.2. The lowest BCUT2D eigenvalue weighted by molar-refractivity contribution is 0.563. The molecule has 35 valence electrons. The van der Waals surface area contributed by atoms with Crippen molar-refractivity contribution in [2.45, 2.75) is 19.0 Å². The first-order chi connectivity index (χ1) is 2.81. The van der Waals surface area contributed by atoms with Gasteiger partial charge in [0.05, 0.1) is 5.67 Å². The van der Waals surface area contributed by atoms with Crippen molar-refractivity contribution in [2.24, 2.45) is 5.73 Å². The molecule has 0 amide bonds. The number of nitrogens with two attached hydrogens (primary N) is 1. The Labute approximate surface area is 39.6 Å². The van der Waals surface area contributed by atoms with Crippen molar-refractivity contribution in [3.05, 3.63) is 0 Å². The summed E-state index contributed by atoms with van der Waals surface area (Å²) in [6, 6.07) is 0. The van der Waals surface area contributed by atoms with Gasteiger partial charge in [0.15, 0.2) is 0 Å². The zero-order valence-electron chi connectivity index (χ0n) is 3.77. The first-order valence-corrected chi connectivity index (χ1v) is 2.93. The Hall–Kier alpha value is -0.0231. The van der Waals surface area contributed by atoms with Gasteiger partial charge in [-0.3, -0.25) is 0 Å². The average Bonchev–Trinajstić information content (AvgIpc) is 1.65. The van der Waals surface area contributed by atoms with E-state index in [-0.39, 0.29) is 15.1 Å². The van der Waals surface area contributed by atoms with Crippen LogP contribution in [0.4, 0.5) is 0 Å². The molecule has 0 heterocycles. The fourth-order valence-electron chi connectivity index (χ4n) is 0.0833. The van der Waals surface area contributed by atoms with Gasteiger partial charge in [-0.25, -0.2) is 0 Å². The molecular formula is C3H8NOSi. The molecule has 6 heavy (non-hydrogen) atoms. The fourth-order valence-corrected chi connectivity index (χ4v) is 0.250. The second kappa shape index (κ2) is 3.18. The molecule has 0 aliphatic carbocycles. The average molecular weight is 102 g/mol. The summed E-state index contributed by atoms with van der Waals surface area (Å²) in [5, 5.41) is 0. The van der Waals surface area contributed by atoms with Crippen molar-refractivity contribution in [2.75, 3.05) is 0 Å². The van der Waals surface area contributed by atoms with Crippen LogP contribution in [0.1, 0.15) is 13.3 Å². The van der Waals surface area contributed by atoms with E-state index in [0.717, 1.165) is 6.42 Å². The first kappa shape index (κ1) is 5.98. The lowest BCUT2D eigenvalue weighted by Gasteiger charge is -1.88. The highest BCUT2D eigenvalue weighted by molar-refractivity contribution is 6.19. The summed E-state index contributed by atoms with van der Waals surface area (Å²) in [4.78, 5) is 0. The predicted octanol–water partition coefficient (Wildman–Crippen LogP) is -0.269. The van der Waals surface area contributed by atoms with E-state index < -0.39 is 0 Å². The van der Waals surface area contributed by atoms with Crippen LogP contribution in [-0.2, 0) is 4.46 Å². The van der Waals surface area contributed by atoms with E-state index in [2.05, 4.69) is 0 Å². The topological polar surface area (TPSA) is 43.1 Å². The molecule has 0 aromatic carbocycles. The van der Waals surface area contributed by atoms with Crippen LogP contribution in [0.5, 0.6) is 0 Å². The number of hydrogen-bond acceptors (Lipinski definition) is 2. The summed E-state index contributed by atoms with van der Waals surface area (Å²) < 4.78 is 9.76. The molecule has 0 aromatic heterocycles. The zero-order valence-corrected chi connectivity index (χ0v) is 4.77.